The number of para-hydroxylation sites is 2. The molecule has 72 heavy (non-hydrogen) atoms. The summed E-state index contributed by atoms with van der Waals surface area (Å²) in [6.07, 6.45) is 0. The van der Waals surface area contributed by atoms with Crippen molar-refractivity contribution in [3.8, 4) is 55.6 Å². The van der Waals surface area contributed by atoms with E-state index in [-0.39, 0.29) is 10.8 Å². The van der Waals surface area contributed by atoms with E-state index in [0.29, 0.717) is 0 Å². The van der Waals surface area contributed by atoms with Gasteiger partial charge in [-0.1, -0.05) is 210 Å². The Morgan fingerprint density at radius 2 is 0.569 bits per heavy atom. The van der Waals surface area contributed by atoms with Crippen molar-refractivity contribution in [2.75, 3.05) is 9.80 Å². The standard InChI is InChI=1S/C70H54N2/c1-69(2)62-19-11-13-21-66(62)72-67-22-14-12-20-63(67)70(3,4)65-46-58(45-64(69)68(65)72)53-25-23-51(24-26-53)54-27-29-57-44-55(28-30-56(57)43-54)52-35-41-61(42-36-52)71(59-37-31-49(32-38-59)47-15-7-5-8-16-47)60-39-33-50(34-40-60)48-17-9-6-10-18-48/h5-46H,1-4H3. The minimum absolute atomic E-state index is 0.168. The molecule has 0 aliphatic carbocycles. The smallest absolute Gasteiger partial charge is 0.0544 e. The predicted octanol–water partition coefficient (Wildman–Crippen LogP) is 19.4. The maximum atomic E-state index is 2.53. The molecule has 0 atom stereocenters. The largest absolute Gasteiger partial charge is 0.311 e. The van der Waals surface area contributed by atoms with Crippen LogP contribution in [-0.4, -0.2) is 0 Å². The van der Waals surface area contributed by atoms with E-state index in [1.807, 2.05) is 0 Å². The second kappa shape index (κ2) is 17.0. The molecule has 0 bridgehead atoms. The van der Waals surface area contributed by atoms with Crippen LogP contribution in [0.5, 0.6) is 0 Å². The molecule has 0 spiro atoms. The molecule has 0 N–H and O–H groups in total. The van der Waals surface area contributed by atoms with Crippen molar-refractivity contribution in [3.05, 3.63) is 277 Å². The summed E-state index contributed by atoms with van der Waals surface area (Å²) in [5.74, 6) is 0. The second-order valence-electron chi connectivity index (χ2n) is 20.6. The maximum Gasteiger partial charge on any atom is 0.0544 e. The van der Waals surface area contributed by atoms with Crippen molar-refractivity contribution < 1.29 is 0 Å². The van der Waals surface area contributed by atoms with Crippen LogP contribution in [0.2, 0.25) is 0 Å². The zero-order valence-electron chi connectivity index (χ0n) is 41.1. The molecule has 0 aromatic heterocycles. The zero-order valence-corrected chi connectivity index (χ0v) is 41.1. The SMILES string of the molecule is CC1(C)c2ccccc2N2c3ccccc3C(C)(C)c3cc(-c4ccc(-c5ccc6cc(-c7ccc(N(c8ccc(-c9ccccc9)cc8)c8ccc(-c9ccccc9)cc8)cc7)ccc6c5)cc4)cc1c32. The highest BCUT2D eigenvalue weighted by molar-refractivity contribution is 5.95. The highest BCUT2D eigenvalue weighted by Crippen LogP contribution is 2.60. The fraction of sp³-hybridized carbons (Fsp3) is 0.0857. The Morgan fingerprint density at radius 1 is 0.264 bits per heavy atom. The average Bonchev–Trinajstić information content (AvgIpc) is 3.44. The normalized spacial score (nSPS) is 13.8. The van der Waals surface area contributed by atoms with E-state index in [9.17, 15) is 0 Å². The third-order valence-corrected chi connectivity index (χ3v) is 15.6. The van der Waals surface area contributed by atoms with Gasteiger partial charge < -0.3 is 9.80 Å². The number of hydrogen-bond donors (Lipinski definition) is 0. The first-order chi connectivity index (χ1) is 35.2. The average molecular weight is 923 g/mol. The van der Waals surface area contributed by atoms with Crippen LogP contribution < -0.4 is 9.80 Å². The molecule has 0 unspecified atom stereocenters. The molecular weight excluding hydrogens is 869 g/mol. The molecule has 2 aliphatic rings. The Labute approximate surface area is 423 Å². The summed E-state index contributed by atoms with van der Waals surface area (Å²) in [6, 6.07) is 93.8. The Hall–Kier alpha value is -8.72. The molecule has 2 nitrogen and oxygen atoms in total. The van der Waals surface area contributed by atoms with Gasteiger partial charge in [-0.2, -0.15) is 0 Å². The minimum Gasteiger partial charge on any atom is -0.311 e. The Balaban J connectivity index is 0.787. The van der Waals surface area contributed by atoms with Crippen LogP contribution in [0.3, 0.4) is 0 Å². The van der Waals surface area contributed by atoms with E-state index in [1.165, 1.54) is 106 Å². The molecule has 11 aromatic rings. The third-order valence-electron chi connectivity index (χ3n) is 15.6. The maximum absolute atomic E-state index is 2.53. The molecule has 0 amide bonds. The summed E-state index contributed by atoms with van der Waals surface area (Å²) < 4.78 is 0. The lowest BCUT2D eigenvalue weighted by molar-refractivity contribution is 0.598. The van der Waals surface area contributed by atoms with Crippen LogP contribution in [0.25, 0.3) is 66.4 Å². The Kier molecular flexibility index (Phi) is 10.2. The van der Waals surface area contributed by atoms with E-state index >= 15 is 0 Å². The van der Waals surface area contributed by atoms with Gasteiger partial charge in [-0.15, -0.1) is 0 Å². The van der Waals surface area contributed by atoms with Gasteiger partial charge in [0.1, 0.15) is 0 Å². The molecule has 11 aromatic carbocycles. The minimum atomic E-state index is -0.168. The van der Waals surface area contributed by atoms with Crippen molar-refractivity contribution in [3.63, 3.8) is 0 Å². The first kappa shape index (κ1) is 43.3. The van der Waals surface area contributed by atoms with Gasteiger partial charge in [0.2, 0.25) is 0 Å². The molecule has 2 heterocycles. The van der Waals surface area contributed by atoms with Gasteiger partial charge in [0.05, 0.1) is 17.1 Å². The van der Waals surface area contributed by atoms with Gasteiger partial charge in [0.25, 0.3) is 0 Å². The topological polar surface area (TPSA) is 6.48 Å². The number of anilines is 6. The monoisotopic (exact) mass is 922 g/mol. The number of rotatable bonds is 8. The summed E-state index contributed by atoms with van der Waals surface area (Å²) in [4.78, 5) is 4.88. The summed E-state index contributed by atoms with van der Waals surface area (Å²) in [6.45, 7) is 9.58. The lowest BCUT2D eigenvalue weighted by Crippen LogP contribution is -2.38. The van der Waals surface area contributed by atoms with Crippen LogP contribution in [0, 0.1) is 0 Å². The third kappa shape index (κ3) is 7.25. The first-order valence-electron chi connectivity index (χ1n) is 25.2. The van der Waals surface area contributed by atoms with Crippen molar-refractivity contribution in [1.29, 1.82) is 0 Å². The fourth-order valence-electron chi connectivity index (χ4n) is 11.6. The van der Waals surface area contributed by atoms with Gasteiger partial charge in [-0.25, -0.2) is 0 Å². The molecule has 0 fully saturated rings. The lowest BCUT2D eigenvalue weighted by atomic mass is 9.65. The molecule has 344 valence electrons. The number of fused-ring (bicyclic) bond motifs is 5. The van der Waals surface area contributed by atoms with Crippen molar-refractivity contribution >= 4 is 44.9 Å². The first-order valence-corrected chi connectivity index (χ1v) is 25.2. The van der Waals surface area contributed by atoms with Gasteiger partial charge in [0, 0.05) is 27.9 Å². The number of hydrogen-bond acceptors (Lipinski definition) is 2. The molecule has 0 saturated heterocycles. The summed E-state index contributed by atoms with van der Waals surface area (Å²) in [5, 5.41) is 2.45. The van der Waals surface area contributed by atoms with E-state index in [0.717, 1.165) is 17.1 Å². The molecule has 2 aliphatic heterocycles. The zero-order chi connectivity index (χ0) is 48.6. The highest BCUT2D eigenvalue weighted by atomic mass is 15.2. The lowest BCUT2D eigenvalue weighted by Gasteiger charge is -2.49. The molecule has 13 rings (SSSR count). The van der Waals surface area contributed by atoms with Crippen LogP contribution in [0.15, 0.2) is 255 Å². The predicted molar refractivity (Wildman–Crippen MR) is 305 cm³/mol. The Morgan fingerprint density at radius 3 is 0.972 bits per heavy atom. The molecule has 0 saturated carbocycles. The Bertz CT molecular complexity index is 3650. The van der Waals surface area contributed by atoms with E-state index in [2.05, 4.69) is 292 Å². The van der Waals surface area contributed by atoms with E-state index in [1.54, 1.807) is 0 Å². The summed E-state index contributed by atoms with van der Waals surface area (Å²) in [7, 11) is 0. The van der Waals surface area contributed by atoms with E-state index in [4.69, 9.17) is 0 Å². The molecular formula is C70H54N2. The van der Waals surface area contributed by atoms with Crippen LogP contribution >= 0.6 is 0 Å². The molecule has 2 heteroatoms. The van der Waals surface area contributed by atoms with Crippen molar-refractivity contribution in [1.82, 2.24) is 0 Å². The van der Waals surface area contributed by atoms with Crippen LogP contribution in [0.1, 0.15) is 49.9 Å². The van der Waals surface area contributed by atoms with Gasteiger partial charge in [-0.05, 0) is 161 Å². The highest BCUT2D eigenvalue weighted by Gasteiger charge is 2.45. The molecule has 0 radical (unpaired) electrons. The summed E-state index contributed by atoms with van der Waals surface area (Å²) in [5.41, 5.74) is 24.5. The number of nitrogens with zero attached hydrogens (tertiary/aromatic N) is 2. The summed E-state index contributed by atoms with van der Waals surface area (Å²) >= 11 is 0. The van der Waals surface area contributed by atoms with Gasteiger partial charge >= 0.3 is 0 Å². The van der Waals surface area contributed by atoms with Gasteiger partial charge in [0.15, 0.2) is 0 Å². The van der Waals surface area contributed by atoms with Crippen LogP contribution in [-0.2, 0) is 10.8 Å². The van der Waals surface area contributed by atoms with Crippen LogP contribution in [0.4, 0.5) is 34.1 Å². The fourth-order valence-corrected chi connectivity index (χ4v) is 11.6. The second-order valence-corrected chi connectivity index (χ2v) is 20.6. The van der Waals surface area contributed by atoms with Gasteiger partial charge in [-0.3, -0.25) is 0 Å². The van der Waals surface area contributed by atoms with Crippen molar-refractivity contribution in [2.45, 2.75) is 38.5 Å². The van der Waals surface area contributed by atoms with Crippen molar-refractivity contribution in [2.24, 2.45) is 0 Å². The van der Waals surface area contributed by atoms with E-state index < -0.39 is 0 Å². The quantitative estimate of drug-likeness (QED) is 0.150. The number of benzene rings is 11.